The fourth-order valence-corrected chi connectivity index (χ4v) is 2.00. The van der Waals surface area contributed by atoms with E-state index in [1.165, 1.54) is 11.1 Å². The SMILES string of the molecule is CC/C(=C/Cl)C(C)Cc1ccccc1. The van der Waals surface area contributed by atoms with Crippen molar-refractivity contribution in [1.29, 1.82) is 0 Å². The highest BCUT2D eigenvalue weighted by Gasteiger charge is 2.07. The molecule has 1 heteroatoms. The molecule has 0 saturated heterocycles. The van der Waals surface area contributed by atoms with Crippen molar-refractivity contribution >= 4 is 11.6 Å². The average Bonchev–Trinajstić information content (AvgIpc) is 2.21. The Bertz CT molecular complexity index is 287. The summed E-state index contributed by atoms with van der Waals surface area (Å²) >= 11 is 5.77. The molecule has 0 aliphatic heterocycles. The highest BCUT2D eigenvalue weighted by molar-refractivity contribution is 6.25. The van der Waals surface area contributed by atoms with Crippen LogP contribution in [0.2, 0.25) is 0 Å². The minimum atomic E-state index is 0.542. The summed E-state index contributed by atoms with van der Waals surface area (Å²) in [7, 11) is 0. The second kappa shape index (κ2) is 5.87. The molecule has 14 heavy (non-hydrogen) atoms. The number of hydrogen-bond donors (Lipinski definition) is 0. The Hall–Kier alpha value is -0.750. The second-order valence-corrected chi connectivity index (χ2v) is 3.85. The lowest BCUT2D eigenvalue weighted by atomic mass is 9.93. The zero-order valence-corrected chi connectivity index (χ0v) is 9.59. The van der Waals surface area contributed by atoms with E-state index in [0.29, 0.717) is 5.92 Å². The third kappa shape index (κ3) is 3.19. The average molecular weight is 209 g/mol. The van der Waals surface area contributed by atoms with Crippen LogP contribution < -0.4 is 0 Å². The third-order valence-electron chi connectivity index (χ3n) is 2.57. The Kier molecular flexibility index (Phi) is 4.75. The smallest absolute Gasteiger partial charge is 0.00371 e. The Balaban J connectivity index is 2.61. The van der Waals surface area contributed by atoms with Crippen LogP contribution in [-0.2, 0) is 6.42 Å². The van der Waals surface area contributed by atoms with Crippen molar-refractivity contribution < 1.29 is 0 Å². The Morgan fingerprint density at radius 3 is 2.50 bits per heavy atom. The van der Waals surface area contributed by atoms with Gasteiger partial charge in [0.05, 0.1) is 0 Å². The van der Waals surface area contributed by atoms with Crippen molar-refractivity contribution in [2.45, 2.75) is 26.7 Å². The van der Waals surface area contributed by atoms with E-state index in [1.807, 2.05) is 6.07 Å². The van der Waals surface area contributed by atoms with Crippen LogP contribution in [0.5, 0.6) is 0 Å². The molecule has 76 valence electrons. The fraction of sp³-hybridized carbons (Fsp3) is 0.385. The maximum Gasteiger partial charge on any atom is 0.00371 e. The van der Waals surface area contributed by atoms with E-state index in [4.69, 9.17) is 11.6 Å². The van der Waals surface area contributed by atoms with Gasteiger partial charge in [-0.05, 0) is 24.3 Å². The summed E-state index contributed by atoms with van der Waals surface area (Å²) in [6.07, 6.45) is 2.12. The summed E-state index contributed by atoms with van der Waals surface area (Å²) in [4.78, 5) is 0. The van der Waals surface area contributed by atoms with Gasteiger partial charge in [0.15, 0.2) is 0 Å². The molecule has 0 spiro atoms. The van der Waals surface area contributed by atoms with Crippen LogP contribution in [0.25, 0.3) is 0 Å². The first-order chi connectivity index (χ1) is 6.77. The molecule has 0 heterocycles. The number of rotatable bonds is 4. The van der Waals surface area contributed by atoms with Crippen molar-refractivity contribution in [2.24, 2.45) is 5.92 Å². The number of allylic oxidation sites excluding steroid dienone is 1. The van der Waals surface area contributed by atoms with E-state index in [-0.39, 0.29) is 0 Å². The zero-order chi connectivity index (χ0) is 10.4. The molecule has 1 unspecified atom stereocenters. The van der Waals surface area contributed by atoms with Gasteiger partial charge in [0, 0.05) is 5.54 Å². The van der Waals surface area contributed by atoms with E-state index < -0.39 is 0 Å². The molecular formula is C13H17Cl. The maximum absolute atomic E-state index is 5.77. The molecule has 0 N–H and O–H groups in total. The molecule has 0 nitrogen and oxygen atoms in total. The van der Waals surface area contributed by atoms with Crippen molar-refractivity contribution in [3.8, 4) is 0 Å². The van der Waals surface area contributed by atoms with Gasteiger partial charge < -0.3 is 0 Å². The van der Waals surface area contributed by atoms with Gasteiger partial charge in [-0.3, -0.25) is 0 Å². The topological polar surface area (TPSA) is 0 Å². The van der Waals surface area contributed by atoms with Crippen molar-refractivity contribution in [1.82, 2.24) is 0 Å². The first-order valence-electron chi connectivity index (χ1n) is 5.11. The first kappa shape index (κ1) is 11.3. The largest absolute Gasteiger partial charge is 0.0930 e. The number of halogens is 1. The summed E-state index contributed by atoms with van der Waals surface area (Å²) in [5.41, 5.74) is 4.44. The van der Waals surface area contributed by atoms with Gasteiger partial charge in [-0.2, -0.15) is 0 Å². The Morgan fingerprint density at radius 2 is 2.00 bits per heavy atom. The molecule has 1 aromatic carbocycles. The summed E-state index contributed by atoms with van der Waals surface area (Å²) in [5, 5.41) is 0. The fourth-order valence-electron chi connectivity index (χ4n) is 1.63. The molecular weight excluding hydrogens is 192 g/mol. The molecule has 0 aliphatic carbocycles. The van der Waals surface area contributed by atoms with Gasteiger partial charge in [-0.1, -0.05) is 61.4 Å². The summed E-state index contributed by atoms with van der Waals surface area (Å²) in [5.74, 6) is 0.542. The number of benzene rings is 1. The van der Waals surface area contributed by atoms with Crippen LogP contribution in [0.15, 0.2) is 41.4 Å². The van der Waals surface area contributed by atoms with E-state index >= 15 is 0 Å². The number of hydrogen-bond acceptors (Lipinski definition) is 0. The van der Waals surface area contributed by atoms with Gasteiger partial charge in [-0.15, -0.1) is 0 Å². The molecule has 0 bridgehead atoms. The van der Waals surface area contributed by atoms with Gasteiger partial charge >= 0.3 is 0 Å². The third-order valence-corrected chi connectivity index (χ3v) is 2.85. The molecule has 1 atom stereocenters. The van der Waals surface area contributed by atoms with Crippen LogP contribution in [-0.4, -0.2) is 0 Å². The van der Waals surface area contributed by atoms with Gasteiger partial charge in [0.25, 0.3) is 0 Å². The van der Waals surface area contributed by atoms with Crippen LogP contribution in [0.3, 0.4) is 0 Å². The maximum atomic E-state index is 5.77. The molecule has 0 amide bonds. The van der Waals surface area contributed by atoms with Gasteiger partial charge in [-0.25, -0.2) is 0 Å². The monoisotopic (exact) mass is 208 g/mol. The standard InChI is InChI=1S/C13H17Cl/c1-3-13(10-14)11(2)9-12-7-5-4-6-8-12/h4-8,10-11H,3,9H2,1-2H3/b13-10-. The molecule has 0 radical (unpaired) electrons. The van der Waals surface area contributed by atoms with Crippen molar-refractivity contribution in [3.63, 3.8) is 0 Å². The predicted molar refractivity (Wildman–Crippen MR) is 63.5 cm³/mol. The van der Waals surface area contributed by atoms with Crippen molar-refractivity contribution in [3.05, 3.63) is 47.0 Å². The minimum absolute atomic E-state index is 0.542. The predicted octanol–water partition coefficient (Wildman–Crippen LogP) is 4.40. The molecule has 0 fully saturated rings. The summed E-state index contributed by atoms with van der Waals surface area (Å²) in [6.45, 7) is 4.38. The highest BCUT2D eigenvalue weighted by Crippen LogP contribution is 2.19. The lowest BCUT2D eigenvalue weighted by molar-refractivity contribution is 0.655. The minimum Gasteiger partial charge on any atom is -0.0930 e. The second-order valence-electron chi connectivity index (χ2n) is 3.63. The molecule has 0 aliphatic rings. The van der Waals surface area contributed by atoms with Gasteiger partial charge in [0.2, 0.25) is 0 Å². The normalized spacial score (nSPS) is 14.1. The van der Waals surface area contributed by atoms with Crippen LogP contribution in [0, 0.1) is 5.92 Å². The van der Waals surface area contributed by atoms with Crippen molar-refractivity contribution in [2.75, 3.05) is 0 Å². The highest BCUT2D eigenvalue weighted by atomic mass is 35.5. The Labute approximate surface area is 91.6 Å². The zero-order valence-electron chi connectivity index (χ0n) is 8.83. The lowest BCUT2D eigenvalue weighted by Crippen LogP contribution is -2.02. The summed E-state index contributed by atoms with van der Waals surface area (Å²) in [6, 6.07) is 10.5. The van der Waals surface area contributed by atoms with Crippen LogP contribution in [0.4, 0.5) is 0 Å². The molecule has 0 aromatic heterocycles. The van der Waals surface area contributed by atoms with E-state index in [1.54, 1.807) is 5.54 Å². The molecule has 1 rings (SSSR count). The van der Waals surface area contributed by atoms with Crippen LogP contribution >= 0.6 is 11.6 Å². The van der Waals surface area contributed by atoms with Crippen LogP contribution in [0.1, 0.15) is 25.8 Å². The van der Waals surface area contributed by atoms with E-state index in [0.717, 1.165) is 12.8 Å². The van der Waals surface area contributed by atoms with Gasteiger partial charge in [0.1, 0.15) is 0 Å². The molecule has 0 saturated carbocycles. The van der Waals surface area contributed by atoms with E-state index in [2.05, 4.69) is 38.1 Å². The summed E-state index contributed by atoms with van der Waals surface area (Å²) < 4.78 is 0. The quantitative estimate of drug-likeness (QED) is 0.688. The first-order valence-corrected chi connectivity index (χ1v) is 5.54. The van der Waals surface area contributed by atoms with E-state index in [9.17, 15) is 0 Å². The lowest BCUT2D eigenvalue weighted by Gasteiger charge is -2.13. The molecule has 1 aromatic rings. The Morgan fingerprint density at radius 1 is 1.36 bits per heavy atom.